The molecule has 1 heterocycles. The van der Waals surface area contributed by atoms with E-state index in [4.69, 9.17) is 4.74 Å². The Morgan fingerprint density at radius 3 is 2.73 bits per heavy atom. The summed E-state index contributed by atoms with van der Waals surface area (Å²) in [4.78, 5) is 0. The van der Waals surface area contributed by atoms with Crippen molar-refractivity contribution in [2.45, 2.75) is 71.3 Å². The Morgan fingerprint density at radius 1 is 1.36 bits per heavy atom. The number of aryl methyl sites for hydroxylation is 1. The normalized spacial score (nSPS) is 33.0. The highest BCUT2D eigenvalue weighted by Gasteiger charge is 2.51. The smallest absolute Gasteiger partial charge is 0.127 e. The summed E-state index contributed by atoms with van der Waals surface area (Å²) in [7, 11) is 0. The van der Waals surface area contributed by atoms with Gasteiger partial charge < -0.3 is 9.84 Å². The van der Waals surface area contributed by atoms with Crippen LogP contribution in [0.5, 0.6) is 11.5 Å². The number of allylic oxidation sites excluding steroid dienone is 1. The molecule has 0 spiro atoms. The third kappa shape index (κ3) is 2.24. The van der Waals surface area contributed by atoms with Gasteiger partial charge in [0.1, 0.15) is 17.1 Å². The van der Waals surface area contributed by atoms with Crippen LogP contribution in [-0.4, -0.2) is 10.7 Å². The second-order valence-electron chi connectivity index (χ2n) is 7.78. The molecular weight excluding hydrogens is 272 g/mol. The second-order valence-corrected chi connectivity index (χ2v) is 7.78. The van der Waals surface area contributed by atoms with Crippen LogP contribution in [-0.2, 0) is 6.42 Å². The molecule has 0 unspecified atom stereocenters. The Kier molecular flexibility index (Phi) is 3.54. The molecule has 0 saturated heterocycles. The van der Waals surface area contributed by atoms with Crippen molar-refractivity contribution in [3.63, 3.8) is 0 Å². The molecule has 120 valence electrons. The number of aromatic hydroxyl groups is 1. The Morgan fingerprint density at radius 2 is 2.09 bits per heavy atom. The van der Waals surface area contributed by atoms with Gasteiger partial charge in [0, 0.05) is 11.5 Å². The fraction of sp³-hybridized carbons (Fsp3) is 0.600. The maximum Gasteiger partial charge on any atom is 0.127 e. The molecular formula is C20H28O2. The standard InChI is InChI=1S/C20H28O2/c1-6-7-14-10-16(21)18-15-12-19(4,22-17(18)11-14)8-9-20(15,5)13(2)3/h10-11,15,21H,2,6-9,12H2,1,3-5H3/t15-,19+,20-/m0/s1. The van der Waals surface area contributed by atoms with E-state index in [1.165, 1.54) is 11.1 Å². The molecule has 1 N–H and O–H groups in total. The van der Waals surface area contributed by atoms with Gasteiger partial charge in [-0.25, -0.2) is 0 Å². The van der Waals surface area contributed by atoms with Crippen LogP contribution < -0.4 is 4.74 Å². The summed E-state index contributed by atoms with van der Waals surface area (Å²) in [5.74, 6) is 1.60. The van der Waals surface area contributed by atoms with Crippen LogP contribution in [0.25, 0.3) is 0 Å². The number of hydrogen-bond donors (Lipinski definition) is 1. The van der Waals surface area contributed by atoms with Gasteiger partial charge in [-0.3, -0.25) is 0 Å². The zero-order chi connectivity index (χ0) is 16.1. The predicted octanol–water partition coefficient (Wildman–Crippen LogP) is 5.35. The number of fused-ring (bicyclic) bond motifs is 4. The summed E-state index contributed by atoms with van der Waals surface area (Å²) in [6.07, 6.45) is 5.12. The fourth-order valence-corrected chi connectivity index (χ4v) is 4.28. The molecule has 0 aromatic heterocycles. The van der Waals surface area contributed by atoms with Gasteiger partial charge >= 0.3 is 0 Å². The first-order valence-corrected chi connectivity index (χ1v) is 8.50. The van der Waals surface area contributed by atoms with Crippen LogP contribution in [0.15, 0.2) is 24.3 Å². The number of phenolic OH excluding ortho intramolecular Hbond substituents is 1. The molecule has 1 saturated carbocycles. The zero-order valence-electron chi connectivity index (χ0n) is 14.3. The Balaban J connectivity index is 2.14. The maximum atomic E-state index is 10.7. The largest absolute Gasteiger partial charge is 0.508 e. The van der Waals surface area contributed by atoms with Crippen LogP contribution in [0.1, 0.15) is 70.4 Å². The van der Waals surface area contributed by atoms with E-state index in [-0.39, 0.29) is 11.0 Å². The van der Waals surface area contributed by atoms with Crippen molar-refractivity contribution in [1.82, 2.24) is 0 Å². The van der Waals surface area contributed by atoms with E-state index in [9.17, 15) is 5.11 Å². The number of rotatable bonds is 3. The van der Waals surface area contributed by atoms with Gasteiger partial charge in [-0.2, -0.15) is 0 Å². The minimum absolute atomic E-state index is 0.0434. The highest BCUT2D eigenvalue weighted by Crippen LogP contribution is 2.61. The molecule has 1 aliphatic heterocycles. The second kappa shape index (κ2) is 5.04. The Hall–Kier alpha value is -1.44. The van der Waals surface area contributed by atoms with Crippen LogP contribution in [0.3, 0.4) is 0 Å². The van der Waals surface area contributed by atoms with Gasteiger partial charge in [0.2, 0.25) is 0 Å². The third-order valence-electron chi connectivity index (χ3n) is 5.98. The van der Waals surface area contributed by atoms with Gasteiger partial charge in [-0.15, -0.1) is 0 Å². The monoisotopic (exact) mass is 300 g/mol. The van der Waals surface area contributed by atoms with Crippen molar-refractivity contribution in [1.29, 1.82) is 0 Å². The topological polar surface area (TPSA) is 29.5 Å². The summed E-state index contributed by atoms with van der Waals surface area (Å²) in [5.41, 5.74) is 3.32. The molecule has 2 nitrogen and oxygen atoms in total. The molecule has 3 atom stereocenters. The first kappa shape index (κ1) is 15.5. The number of benzene rings is 1. The highest BCUT2D eigenvalue weighted by atomic mass is 16.5. The number of hydrogen-bond acceptors (Lipinski definition) is 2. The average Bonchev–Trinajstić information content (AvgIpc) is 2.42. The van der Waals surface area contributed by atoms with E-state index >= 15 is 0 Å². The first-order chi connectivity index (χ1) is 10.3. The maximum absolute atomic E-state index is 10.7. The Labute approximate surface area is 134 Å². The fourth-order valence-electron chi connectivity index (χ4n) is 4.28. The van der Waals surface area contributed by atoms with Crippen molar-refractivity contribution in [3.8, 4) is 11.5 Å². The number of phenols is 1. The molecule has 2 heteroatoms. The molecule has 1 fully saturated rings. The van der Waals surface area contributed by atoms with Crippen molar-refractivity contribution in [2.75, 3.05) is 0 Å². The minimum atomic E-state index is -0.107. The molecule has 1 aromatic carbocycles. The van der Waals surface area contributed by atoms with Crippen molar-refractivity contribution in [2.24, 2.45) is 5.41 Å². The van der Waals surface area contributed by atoms with E-state index in [0.717, 1.165) is 43.4 Å². The summed E-state index contributed by atoms with van der Waals surface area (Å²) >= 11 is 0. The average molecular weight is 300 g/mol. The van der Waals surface area contributed by atoms with Gasteiger partial charge in [0.15, 0.2) is 0 Å². The Bertz CT molecular complexity index is 618. The molecule has 3 rings (SSSR count). The van der Waals surface area contributed by atoms with E-state index in [1.807, 2.05) is 6.07 Å². The van der Waals surface area contributed by atoms with Crippen LogP contribution >= 0.6 is 0 Å². The molecule has 0 amide bonds. The quantitative estimate of drug-likeness (QED) is 0.763. The van der Waals surface area contributed by atoms with Crippen molar-refractivity contribution < 1.29 is 9.84 Å². The van der Waals surface area contributed by atoms with Crippen molar-refractivity contribution >= 4 is 0 Å². The van der Waals surface area contributed by atoms with E-state index in [2.05, 4.69) is 40.3 Å². The van der Waals surface area contributed by atoms with Gasteiger partial charge in [-0.05, 0) is 62.6 Å². The van der Waals surface area contributed by atoms with Crippen LogP contribution in [0.2, 0.25) is 0 Å². The van der Waals surface area contributed by atoms with Crippen LogP contribution in [0, 0.1) is 5.41 Å². The molecule has 2 aliphatic rings. The van der Waals surface area contributed by atoms with Gasteiger partial charge in [0.25, 0.3) is 0 Å². The SMILES string of the molecule is C=C(C)[C@]1(C)CC[C@]2(C)C[C@H]1c1c(O)cc(CCC)cc1O2. The lowest BCUT2D eigenvalue weighted by atomic mass is 9.57. The summed E-state index contributed by atoms with van der Waals surface area (Å²) in [6.45, 7) is 13.0. The third-order valence-corrected chi connectivity index (χ3v) is 5.98. The first-order valence-electron chi connectivity index (χ1n) is 8.50. The molecule has 2 bridgehead atoms. The lowest BCUT2D eigenvalue weighted by Crippen LogP contribution is -2.48. The van der Waals surface area contributed by atoms with E-state index in [0.29, 0.717) is 11.7 Å². The minimum Gasteiger partial charge on any atom is -0.508 e. The van der Waals surface area contributed by atoms with Crippen LogP contribution in [0.4, 0.5) is 0 Å². The zero-order valence-corrected chi connectivity index (χ0v) is 14.3. The molecule has 22 heavy (non-hydrogen) atoms. The lowest BCUT2D eigenvalue weighted by molar-refractivity contribution is -0.0182. The van der Waals surface area contributed by atoms with Crippen molar-refractivity contribution in [3.05, 3.63) is 35.4 Å². The molecule has 1 aliphatic carbocycles. The highest BCUT2D eigenvalue weighted by molar-refractivity contribution is 5.53. The predicted molar refractivity (Wildman–Crippen MR) is 90.6 cm³/mol. The molecule has 0 radical (unpaired) electrons. The molecule has 1 aromatic rings. The summed E-state index contributed by atoms with van der Waals surface area (Å²) in [6, 6.07) is 4.08. The van der Waals surface area contributed by atoms with Gasteiger partial charge in [-0.1, -0.05) is 32.4 Å². The van der Waals surface area contributed by atoms with E-state index < -0.39 is 0 Å². The number of ether oxygens (including phenoxy) is 1. The summed E-state index contributed by atoms with van der Waals surface area (Å²) < 4.78 is 6.34. The van der Waals surface area contributed by atoms with Gasteiger partial charge in [0.05, 0.1) is 0 Å². The van der Waals surface area contributed by atoms with E-state index in [1.54, 1.807) is 0 Å². The lowest BCUT2D eigenvalue weighted by Gasteiger charge is -2.53. The summed E-state index contributed by atoms with van der Waals surface area (Å²) in [5, 5.41) is 10.7.